The number of carboxylic acid groups (broad SMARTS) is 1. The van der Waals surface area contributed by atoms with Gasteiger partial charge in [-0.3, -0.25) is 10.1 Å². The topological polar surface area (TPSA) is 132 Å². The van der Waals surface area contributed by atoms with Gasteiger partial charge in [-0.25, -0.2) is 4.79 Å². The standard InChI is InChI=1S/C22H24N2O8/c1-22(21(30-2)31-3)19(25)18(14-11-13(24(28)29)8-9-17(14)32-22)23-15-7-5-4-6-12(15)10-16(23)20(26)27/h4-9,11,16,18-19,21,25H,10H2,1-3H3,(H,26,27)/t16-,18-,19+,22-/m1/s1. The summed E-state index contributed by atoms with van der Waals surface area (Å²) in [6.07, 6.45) is -2.12. The Hall–Kier alpha value is -3.21. The van der Waals surface area contributed by atoms with Crippen molar-refractivity contribution in [1.82, 2.24) is 0 Å². The van der Waals surface area contributed by atoms with E-state index in [1.807, 2.05) is 12.1 Å². The van der Waals surface area contributed by atoms with Crippen molar-refractivity contribution in [3.05, 3.63) is 63.7 Å². The first kappa shape index (κ1) is 22.0. The van der Waals surface area contributed by atoms with E-state index in [4.69, 9.17) is 14.2 Å². The number of fused-ring (bicyclic) bond motifs is 2. The number of para-hydroxylation sites is 1. The molecule has 170 valence electrons. The number of nitrogens with zero attached hydrogens (tertiary/aromatic N) is 2. The minimum absolute atomic E-state index is 0.192. The number of carboxylic acids is 1. The van der Waals surface area contributed by atoms with E-state index in [1.165, 1.54) is 32.4 Å². The molecule has 0 unspecified atom stereocenters. The highest BCUT2D eigenvalue weighted by Crippen LogP contribution is 2.50. The Morgan fingerprint density at radius 3 is 2.59 bits per heavy atom. The van der Waals surface area contributed by atoms with Crippen LogP contribution in [0.25, 0.3) is 0 Å². The van der Waals surface area contributed by atoms with Crippen molar-refractivity contribution >= 4 is 17.3 Å². The number of nitro benzene ring substituents is 1. The number of carbonyl (C=O) groups is 1. The van der Waals surface area contributed by atoms with Gasteiger partial charge in [-0.1, -0.05) is 18.2 Å². The Labute approximate surface area is 184 Å². The Balaban J connectivity index is 1.95. The minimum atomic E-state index is -1.43. The predicted octanol–water partition coefficient (Wildman–Crippen LogP) is 2.28. The molecule has 0 aromatic heterocycles. The van der Waals surface area contributed by atoms with Crippen molar-refractivity contribution in [2.24, 2.45) is 0 Å². The first-order valence-corrected chi connectivity index (χ1v) is 10.0. The highest BCUT2D eigenvalue weighted by atomic mass is 16.7. The van der Waals surface area contributed by atoms with Crippen LogP contribution in [-0.4, -0.2) is 59.4 Å². The van der Waals surface area contributed by atoms with Crippen molar-refractivity contribution < 1.29 is 34.1 Å². The van der Waals surface area contributed by atoms with Gasteiger partial charge in [0, 0.05) is 44.0 Å². The lowest BCUT2D eigenvalue weighted by atomic mass is 9.83. The van der Waals surface area contributed by atoms with E-state index in [-0.39, 0.29) is 17.9 Å². The van der Waals surface area contributed by atoms with Crippen LogP contribution in [0, 0.1) is 10.1 Å². The van der Waals surface area contributed by atoms with Crippen LogP contribution in [0.1, 0.15) is 24.1 Å². The van der Waals surface area contributed by atoms with Crippen LogP contribution < -0.4 is 9.64 Å². The van der Waals surface area contributed by atoms with E-state index in [0.717, 1.165) is 5.56 Å². The summed E-state index contributed by atoms with van der Waals surface area (Å²) >= 11 is 0. The fraction of sp³-hybridized carbons (Fsp3) is 0.409. The number of nitro groups is 1. The third-order valence-electron chi connectivity index (χ3n) is 6.24. The van der Waals surface area contributed by atoms with E-state index in [9.17, 15) is 25.1 Å². The SMILES string of the molecule is COC(OC)[C@]1(C)Oc2ccc([N+](=O)[O-])cc2[C@@H](N2c3ccccc3C[C@@H]2C(=O)O)[C@@H]1O. The number of aliphatic hydroxyl groups is 1. The largest absolute Gasteiger partial charge is 0.480 e. The third kappa shape index (κ3) is 3.27. The average molecular weight is 444 g/mol. The number of hydrogen-bond acceptors (Lipinski definition) is 8. The molecule has 0 spiro atoms. The fourth-order valence-corrected chi connectivity index (χ4v) is 4.77. The van der Waals surface area contributed by atoms with Gasteiger partial charge in [0.05, 0.1) is 11.0 Å². The lowest BCUT2D eigenvalue weighted by Crippen LogP contribution is -2.63. The summed E-state index contributed by atoms with van der Waals surface area (Å²) in [7, 11) is 2.81. The van der Waals surface area contributed by atoms with Crippen molar-refractivity contribution in [2.45, 2.75) is 43.4 Å². The first-order valence-electron chi connectivity index (χ1n) is 10.0. The quantitative estimate of drug-likeness (QED) is 0.391. The molecule has 2 aliphatic rings. The van der Waals surface area contributed by atoms with Gasteiger partial charge in [0.15, 0.2) is 11.9 Å². The molecule has 4 atom stereocenters. The number of rotatable bonds is 6. The van der Waals surface area contributed by atoms with Crippen LogP contribution in [-0.2, 0) is 20.7 Å². The van der Waals surface area contributed by atoms with Gasteiger partial charge in [0.2, 0.25) is 0 Å². The molecular weight excluding hydrogens is 420 g/mol. The second-order valence-electron chi connectivity index (χ2n) is 8.05. The molecule has 10 nitrogen and oxygen atoms in total. The number of aliphatic carboxylic acids is 1. The summed E-state index contributed by atoms with van der Waals surface area (Å²) in [5.74, 6) is -0.787. The van der Waals surface area contributed by atoms with Crippen LogP contribution in [0.4, 0.5) is 11.4 Å². The van der Waals surface area contributed by atoms with E-state index in [2.05, 4.69) is 0 Å². The molecule has 0 bridgehead atoms. The van der Waals surface area contributed by atoms with Crippen molar-refractivity contribution in [1.29, 1.82) is 0 Å². The number of aliphatic hydroxyl groups excluding tert-OH is 1. The summed E-state index contributed by atoms with van der Waals surface area (Å²) in [6.45, 7) is 1.60. The minimum Gasteiger partial charge on any atom is -0.480 e. The molecular formula is C22H24N2O8. The lowest BCUT2D eigenvalue weighted by molar-refractivity contribution is -0.385. The lowest BCUT2D eigenvalue weighted by Gasteiger charge is -2.50. The zero-order valence-corrected chi connectivity index (χ0v) is 17.8. The number of benzene rings is 2. The molecule has 2 aromatic rings. The second-order valence-corrected chi connectivity index (χ2v) is 8.05. The Bertz CT molecular complexity index is 1060. The molecule has 0 fully saturated rings. The molecule has 4 rings (SSSR count). The maximum Gasteiger partial charge on any atom is 0.326 e. The number of anilines is 1. The average Bonchev–Trinajstić information content (AvgIpc) is 3.15. The summed E-state index contributed by atoms with van der Waals surface area (Å²) in [6, 6.07) is 9.32. The molecule has 2 N–H and O–H groups in total. The van der Waals surface area contributed by atoms with E-state index in [0.29, 0.717) is 11.3 Å². The van der Waals surface area contributed by atoms with Gasteiger partial charge in [-0.15, -0.1) is 0 Å². The summed E-state index contributed by atoms with van der Waals surface area (Å²) in [5.41, 5.74) is 0.137. The van der Waals surface area contributed by atoms with Gasteiger partial charge < -0.3 is 29.3 Å². The third-order valence-corrected chi connectivity index (χ3v) is 6.24. The highest BCUT2D eigenvalue weighted by molar-refractivity contribution is 5.83. The van der Waals surface area contributed by atoms with E-state index < -0.39 is 41.0 Å². The van der Waals surface area contributed by atoms with Crippen molar-refractivity contribution in [3.8, 4) is 5.75 Å². The zero-order chi connectivity index (χ0) is 23.2. The van der Waals surface area contributed by atoms with Crippen LogP contribution in [0.15, 0.2) is 42.5 Å². The van der Waals surface area contributed by atoms with Gasteiger partial charge in [-0.05, 0) is 24.6 Å². The summed E-state index contributed by atoms with van der Waals surface area (Å²) in [4.78, 5) is 24.7. The number of non-ortho nitro benzene ring substituents is 1. The van der Waals surface area contributed by atoms with Crippen molar-refractivity contribution in [2.75, 3.05) is 19.1 Å². The number of methoxy groups -OCH3 is 2. The molecule has 2 heterocycles. The molecule has 0 radical (unpaired) electrons. The Morgan fingerprint density at radius 2 is 1.97 bits per heavy atom. The Kier molecular flexibility index (Phi) is 5.53. The number of ether oxygens (including phenoxy) is 3. The molecule has 10 heteroatoms. The monoisotopic (exact) mass is 444 g/mol. The molecule has 0 aliphatic carbocycles. The second kappa shape index (κ2) is 8.05. The Morgan fingerprint density at radius 1 is 1.28 bits per heavy atom. The zero-order valence-electron chi connectivity index (χ0n) is 17.8. The van der Waals surface area contributed by atoms with Gasteiger partial charge in [0.25, 0.3) is 5.69 Å². The molecule has 0 amide bonds. The van der Waals surface area contributed by atoms with Crippen LogP contribution >= 0.6 is 0 Å². The maximum atomic E-state index is 12.2. The molecule has 0 saturated carbocycles. The normalized spacial score (nSPS) is 26.4. The molecule has 0 saturated heterocycles. The molecule has 2 aliphatic heterocycles. The predicted molar refractivity (Wildman–Crippen MR) is 113 cm³/mol. The number of hydrogen-bond donors (Lipinski definition) is 2. The maximum absolute atomic E-state index is 12.2. The molecule has 2 aromatic carbocycles. The molecule has 32 heavy (non-hydrogen) atoms. The van der Waals surface area contributed by atoms with Crippen LogP contribution in [0.3, 0.4) is 0 Å². The van der Waals surface area contributed by atoms with E-state index >= 15 is 0 Å². The van der Waals surface area contributed by atoms with Gasteiger partial charge in [-0.2, -0.15) is 0 Å². The van der Waals surface area contributed by atoms with Gasteiger partial charge in [0.1, 0.15) is 17.9 Å². The van der Waals surface area contributed by atoms with Crippen molar-refractivity contribution in [3.63, 3.8) is 0 Å². The highest BCUT2D eigenvalue weighted by Gasteiger charge is 2.56. The summed E-state index contributed by atoms with van der Waals surface area (Å²) in [5, 5.41) is 33.0. The van der Waals surface area contributed by atoms with E-state index in [1.54, 1.807) is 24.0 Å². The first-order chi connectivity index (χ1) is 15.2. The van der Waals surface area contributed by atoms with Crippen LogP contribution in [0.2, 0.25) is 0 Å². The van der Waals surface area contributed by atoms with Gasteiger partial charge >= 0.3 is 5.97 Å². The summed E-state index contributed by atoms with van der Waals surface area (Å²) < 4.78 is 16.9. The smallest absolute Gasteiger partial charge is 0.326 e. The van der Waals surface area contributed by atoms with Crippen LogP contribution in [0.5, 0.6) is 5.75 Å². The fourth-order valence-electron chi connectivity index (χ4n) is 4.77.